The Kier molecular flexibility index (Phi) is 2.36. The maximum Gasteiger partial charge on any atom is 0.417 e. The highest BCUT2D eigenvalue weighted by atomic mass is 127. The van der Waals surface area contributed by atoms with Crippen molar-refractivity contribution in [1.29, 1.82) is 0 Å². The van der Waals surface area contributed by atoms with Gasteiger partial charge in [-0.05, 0) is 28.7 Å². The molecule has 0 atom stereocenters. The molecule has 0 unspecified atom stereocenters. The molecule has 0 saturated heterocycles. The molecule has 0 spiro atoms. The van der Waals surface area contributed by atoms with Crippen LogP contribution < -0.4 is 0 Å². The van der Waals surface area contributed by atoms with Gasteiger partial charge in [-0.15, -0.1) is 0 Å². The second-order valence-electron chi connectivity index (χ2n) is 1.85. The molecule has 0 N–H and O–H groups in total. The minimum Gasteiger partial charge on any atom is -0.264 e. The summed E-state index contributed by atoms with van der Waals surface area (Å²) in [5, 5.41) is 0. The fraction of sp³-hybridized carbons (Fsp3) is 0.167. The Balaban J connectivity index is 3.14. The van der Waals surface area contributed by atoms with Gasteiger partial charge in [-0.2, -0.15) is 13.2 Å². The maximum absolute atomic E-state index is 12.0. The molecular weight excluding hydrogens is 270 g/mol. The lowest BCUT2D eigenvalue weighted by Gasteiger charge is -2.06. The van der Waals surface area contributed by atoms with Gasteiger partial charge >= 0.3 is 6.18 Å². The van der Waals surface area contributed by atoms with Crippen molar-refractivity contribution < 1.29 is 13.2 Å². The van der Waals surface area contributed by atoms with Gasteiger partial charge in [0.15, 0.2) is 0 Å². The van der Waals surface area contributed by atoms with E-state index in [0.29, 0.717) is 0 Å². The van der Waals surface area contributed by atoms with Crippen LogP contribution in [0.15, 0.2) is 18.5 Å². The van der Waals surface area contributed by atoms with Crippen LogP contribution >= 0.6 is 22.6 Å². The van der Waals surface area contributed by atoms with Crippen molar-refractivity contribution in [1.82, 2.24) is 4.98 Å². The second-order valence-corrected chi connectivity index (χ2v) is 3.02. The third kappa shape index (κ3) is 2.05. The van der Waals surface area contributed by atoms with Crippen LogP contribution in [0.3, 0.4) is 0 Å². The summed E-state index contributed by atoms with van der Waals surface area (Å²) in [6.45, 7) is 0. The third-order valence-electron chi connectivity index (χ3n) is 1.08. The summed E-state index contributed by atoms with van der Waals surface area (Å²) in [4.78, 5) is 3.55. The van der Waals surface area contributed by atoms with Crippen LogP contribution in [-0.4, -0.2) is 4.98 Å². The van der Waals surface area contributed by atoms with E-state index in [0.717, 1.165) is 12.3 Å². The van der Waals surface area contributed by atoms with Crippen molar-refractivity contribution in [2.45, 2.75) is 6.18 Å². The molecule has 0 aliphatic heterocycles. The average molecular weight is 273 g/mol. The Morgan fingerprint density at radius 3 is 2.36 bits per heavy atom. The molecule has 0 aliphatic rings. The van der Waals surface area contributed by atoms with E-state index in [2.05, 4.69) is 4.98 Å². The van der Waals surface area contributed by atoms with E-state index in [9.17, 15) is 13.2 Å². The van der Waals surface area contributed by atoms with Crippen molar-refractivity contribution in [3.05, 3.63) is 27.6 Å². The van der Waals surface area contributed by atoms with Gasteiger partial charge in [-0.25, -0.2) is 0 Å². The van der Waals surface area contributed by atoms with Crippen LogP contribution in [0.25, 0.3) is 0 Å². The Morgan fingerprint density at radius 1 is 1.36 bits per heavy atom. The first kappa shape index (κ1) is 8.76. The number of halogens is 4. The van der Waals surface area contributed by atoms with Gasteiger partial charge in [-0.3, -0.25) is 4.98 Å². The standard InChI is InChI=1S/C6H3F3IN/c7-6(8,9)4-1-2-11-3-5(4)10/h1-3H. The largest absolute Gasteiger partial charge is 0.417 e. The summed E-state index contributed by atoms with van der Waals surface area (Å²) in [5.74, 6) is 0. The van der Waals surface area contributed by atoms with Crippen LogP contribution in [0, 0.1) is 3.57 Å². The zero-order valence-corrected chi connectivity index (χ0v) is 7.35. The van der Waals surface area contributed by atoms with Gasteiger partial charge in [0.05, 0.1) is 5.56 Å². The predicted octanol–water partition coefficient (Wildman–Crippen LogP) is 2.71. The lowest BCUT2D eigenvalue weighted by atomic mass is 10.3. The van der Waals surface area contributed by atoms with Crippen LogP contribution in [0.4, 0.5) is 13.2 Å². The summed E-state index contributed by atoms with van der Waals surface area (Å²) < 4.78 is 36.2. The normalized spacial score (nSPS) is 11.6. The van der Waals surface area contributed by atoms with E-state index in [1.54, 1.807) is 22.6 Å². The quantitative estimate of drug-likeness (QED) is 0.662. The molecule has 0 amide bonds. The summed E-state index contributed by atoms with van der Waals surface area (Å²) in [6, 6.07) is 0.960. The lowest BCUT2D eigenvalue weighted by molar-refractivity contribution is -0.138. The maximum atomic E-state index is 12.0. The van der Waals surface area contributed by atoms with Crippen molar-refractivity contribution in [3.8, 4) is 0 Å². The Bertz CT molecular complexity index is 258. The molecule has 1 rings (SSSR count). The van der Waals surface area contributed by atoms with Crippen LogP contribution in [0.5, 0.6) is 0 Å². The first-order valence-electron chi connectivity index (χ1n) is 2.68. The van der Waals surface area contributed by atoms with Gasteiger partial charge in [0, 0.05) is 16.0 Å². The number of hydrogen-bond donors (Lipinski definition) is 0. The molecular formula is C6H3F3IN. The predicted molar refractivity (Wildman–Crippen MR) is 42.0 cm³/mol. The number of alkyl halides is 3. The summed E-state index contributed by atoms with van der Waals surface area (Å²) in [6.07, 6.45) is -1.95. The number of rotatable bonds is 0. The van der Waals surface area contributed by atoms with Crippen molar-refractivity contribution in [2.75, 3.05) is 0 Å². The Morgan fingerprint density at radius 2 is 2.00 bits per heavy atom. The fourth-order valence-corrected chi connectivity index (χ4v) is 1.25. The molecule has 60 valence electrons. The molecule has 0 fully saturated rings. The summed E-state index contributed by atoms with van der Waals surface area (Å²) in [5.41, 5.74) is -0.631. The Hall–Kier alpha value is -0.330. The van der Waals surface area contributed by atoms with E-state index in [1.807, 2.05) is 0 Å². The van der Waals surface area contributed by atoms with Gasteiger partial charge in [0.25, 0.3) is 0 Å². The van der Waals surface area contributed by atoms with Crippen LogP contribution in [0.2, 0.25) is 0 Å². The van der Waals surface area contributed by atoms with Gasteiger partial charge < -0.3 is 0 Å². The molecule has 11 heavy (non-hydrogen) atoms. The van der Waals surface area contributed by atoms with E-state index in [-0.39, 0.29) is 3.57 Å². The molecule has 0 bridgehead atoms. The molecule has 1 nitrogen and oxygen atoms in total. The summed E-state index contributed by atoms with van der Waals surface area (Å²) in [7, 11) is 0. The lowest BCUT2D eigenvalue weighted by Crippen LogP contribution is -2.07. The van der Waals surface area contributed by atoms with Crippen LogP contribution in [0.1, 0.15) is 5.56 Å². The zero-order chi connectivity index (χ0) is 8.48. The number of nitrogens with zero attached hydrogens (tertiary/aromatic N) is 1. The minimum atomic E-state index is -4.26. The first-order valence-corrected chi connectivity index (χ1v) is 3.76. The molecule has 1 aromatic rings. The average Bonchev–Trinajstić information content (AvgIpc) is 1.86. The van der Waals surface area contributed by atoms with E-state index < -0.39 is 11.7 Å². The van der Waals surface area contributed by atoms with Crippen LogP contribution in [-0.2, 0) is 6.18 Å². The van der Waals surface area contributed by atoms with Crippen molar-refractivity contribution >= 4 is 22.6 Å². The van der Waals surface area contributed by atoms with Gasteiger partial charge in [-0.1, -0.05) is 0 Å². The molecule has 5 heteroatoms. The smallest absolute Gasteiger partial charge is 0.264 e. The highest BCUT2D eigenvalue weighted by molar-refractivity contribution is 14.1. The minimum absolute atomic E-state index is 0.123. The fourth-order valence-electron chi connectivity index (χ4n) is 0.605. The summed E-state index contributed by atoms with van der Waals surface area (Å²) >= 11 is 1.60. The monoisotopic (exact) mass is 273 g/mol. The highest BCUT2D eigenvalue weighted by Crippen LogP contribution is 2.31. The SMILES string of the molecule is FC(F)(F)c1ccncc1I. The van der Waals surface area contributed by atoms with Crippen molar-refractivity contribution in [3.63, 3.8) is 0 Å². The zero-order valence-electron chi connectivity index (χ0n) is 5.19. The highest BCUT2D eigenvalue weighted by Gasteiger charge is 2.32. The number of hydrogen-bond acceptors (Lipinski definition) is 1. The Labute approximate surface area is 74.8 Å². The number of aromatic nitrogens is 1. The first-order chi connectivity index (χ1) is 5.02. The molecule has 0 saturated carbocycles. The molecule has 1 heterocycles. The third-order valence-corrected chi connectivity index (χ3v) is 1.94. The van der Waals surface area contributed by atoms with Crippen molar-refractivity contribution in [2.24, 2.45) is 0 Å². The molecule has 0 aromatic carbocycles. The van der Waals surface area contributed by atoms with Gasteiger partial charge in [0.2, 0.25) is 0 Å². The van der Waals surface area contributed by atoms with E-state index in [1.165, 1.54) is 6.20 Å². The second kappa shape index (κ2) is 2.96. The molecule has 1 aromatic heterocycles. The topological polar surface area (TPSA) is 12.9 Å². The number of pyridine rings is 1. The molecule has 0 aliphatic carbocycles. The van der Waals surface area contributed by atoms with E-state index in [4.69, 9.17) is 0 Å². The van der Waals surface area contributed by atoms with E-state index >= 15 is 0 Å². The van der Waals surface area contributed by atoms with Gasteiger partial charge in [0.1, 0.15) is 0 Å². The molecule has 0 radical (unpaired) electrons.